The molecule has 5 heteroatoms. The van der Waals surface area contributed by atoms with Gasteiger partial charge in [0.25, 0.3) is 5.91 Å². The number of para-hydroxylation sites is 1. The molecule has 0 aliphatic heterocycles. The first-order chi connectivity index (χ1) is 12.7. The molecule has 2 heterocycles. The summed E-state index contributed by atoms with van der Waals surface area (Å²) in [6.07, 6.45) is 1.89. The van der Waals surface area contributed by atoms with Gasteiger partial charge in [0, 0.05) is 11.9 Å². The molecule has 4 rings (SSSR count). The van der Waals surface area contributed by atoms with Crippen LogP contribution in [0.25, 0.3) is 5.52 Å². The maximum Gasteiger partial charge on any atom is 0.276 e. The van der Waals surface area contributed by atoms with Gasteiger partial charge in [-0.3, -0.25) is 4.79 Å². The van der Waals surface area contributed by atoms with Crippen molar-refractivity contribution in [3.63, 3.8) is 0 Å². The number of aryl methyl sites for hydroxylation is 1. The lowest BCUT2D eigenvalue weighted by Gasteiger charge is -2.07. The summed E-state index contributed by atoms with van der Waals surface area (Å²) in [6, 6.07) is 22.5. The Balaban J connectivity index is 1.51. The molecule has 0 saturated carbocycles. The third-order valence-electron chi connectivity index (χ3n) is 4.03. The molecule has 128 valence electrons. The SMILES string of the molecule is Cc1nc(C(=O)Nc2ccc(Oc3ccccc3)cc2)c2ccccn12. The number of nitrogens with one attached hydrogen (secondary N) is 1. The summed E-state index contributed by atoms with van der Waals surface area (Å²) in [6.45, 7) is 1.87. The van der Waals surface area contributed by atoms with E-state index in [1.165, 1.54) is 0 Å². The van der Waals surface area contributed by atoms with Gasteiger partial charge in [0.1, 0.15) is 17.3 Å². The topological polar surface area (TPSA) is 55.6 Å². The predicted octanol–water partition coefficient (Wildman–Crippen LogP) is 4.69. The molecule has 0 saturated heterocycles. The van der Waals surface area contributed by atoms with Crippen LogP contribution in [0, 0.1) is 6.92 Å². The highest BCUT2D eigenvalue weighted by Gasteiger charge is 2.15. The van der Waals surface area contributed by atoms with Gasteiger partial charge >= 0.3 is 0 Å². The average Bonchev–Trinajstić information content (AvgIpc) is 3.01. The second-order valence-electron chi connectivity index (χ2n) is 5.86. The van der Waals surface area contributed by atoms with E-state index in [1.807, 2.05) is 78.2 Å². The molecule has 0 spiro atoms. The minimum absolute atomic E-state index is 0.237. The number of imidazole rings is 1. The smallest absolute Gasteiger partial charge is 0.276 e. The second-order valence-corrected chi connectivity index (χ2v) is 5.86. The fourth-order valence-corrected chi connectivity index (χ4v) is 2.78. The number of rotatable bonds is 4. The van der Waals surface area contributed by atoms with Crippen LogP contribution in [0.2, 0.25) is 0 Å². The van der Waals surface area contributed by atoms with E-state index in [9.17, 15) is 4.79 Å². The molecular formula is C21H17N3O2. The minimum atomic E-state index is -0.237. The summed E-state index contributed by atoms with van der Waals surface area (Å²) < 4.78 is 7.65. The lowest BCUT2D eigenvalue weighted by molar-refractivity contribution is 0.102. The number of aromatic nitrogens is 2. The quantitative estimate of drug-likeness (QED) is 0.585. The van der Waals surface area contributed by atoms with E-state index in [-0.39, 0.29) is 5.91 Å². The van der Waals surface area contributed by atoms with Gasteiger partial charge in [-0.15, -0.1) is 0 Å². The minimum Gasteiger partial charge on any atom is -0.457 e. The Morgan fingerprint density at radius 3 is 2.38 bits per heavy atom. The Morgan fingerprint density at radius 1 is 0.923 bits per heavy atom. The van der Waals surface area contributed by atoms with E-state index in [2.05, 4.69) is 10.3 Å². The van der Waals surface area contributed by atoms with Crippen molar-refractivity contribution in [2.24, 2.45) is 0 Å². The molecule has 0 bridgehead atoms. The Morgan fingerprint density at radius 2 is 1.62 bits per heavy atom. The van der Waals surface area contributed by atoms with Crippen molar-refractivity contribution in [1.29, 1.82) is 0 Å². The van der Waals surface area contributed by atoms with Crippen molar-refractivity contribution in [1.82, 2.24) is 9.38 Å². The van der Waals surface area contributed by atoms with Gasteiger partial charge in [-0.2, -0.15) is 0 Å². The molecule has 26 heavy (non-hydrogen) atoms. The van der Waals surface area contributed by atoms with Crippen LogP contribution in [0.1, 0.15) is 16.3 Å². The zero-order valence-electron chi connectivity index (χ0n) is 14.2. The molecule has 0 radical (unpaired) electrons. The Bertz CT molecular complexity index is 1050. The van der Waals surface area contributed by atoms with Crippen LogP contribution in [-0.4, -0.2) is 15.3 Å². The van der Waals surface area contributed by atoms with Crippen LogP contribution in [0.15, 0.2) is 79.0 Å². The number of carbonyl (C=O) groups is 1. The van der Waals surface area contributed by atoms with Crippen LogP contribution in [0.5, 0.6) is 11.5 Å². The molecule has 0 unspecified atom stereocenters. The number of ether oxygens (including phenoxy) is 1. The molecule has 5 nitrogen and oxygen atoms in total. The van der Waals surface area contributed by atoms with Crippen molar-refractivity contribution < 1.29 is 9.53 Å². The summed E-state index contributed by atoms with van der Waals surface area (Å²) in [4.78, 5) is 17.0. The summed E-state index contributed by atoms with van der Waals surface area (Å²) in [7, 11) is 0. The molecule has 0 fully saturated rings. The molecule has 0 aliphatic rings. The second kappa shape index (κ2) is 6.72. The number of anilines is 1. The molecule has 0 aliphatic carbocycles. The first-order valence-electron chi connectivity index (χ1n) is 8.29. The number of nitrogens with zero attached hydrogens (tertiary/aromatic N) is 2. The van der Waals surface area contributed by atoms with Gasteiger partial charge in [0.15, 0.2) is 5.69 Å². The number of hydrogen-bond donors (Lipinski definition) is 1. The number of pyridine rings is 1. The van der Waals surface area contributed by atoms with E-state index in [0.717, 1.165) is 17.1 Å². The molecule has 2 aromatic heterocycles. The molecule has 0 atom stereocenters. The van der Waals surface area contributed by atoms with E-state index >= 15 is 0 Å². The standard InChI is InChI=1S/C21H17N3O2/c1-15-22-20(19-9-5-6-14-24(15)19)21(25)23-16-10-12-18(13-11-16)26-17-7-3-2-4-8-17/h2-14H,1H3,(H,23,25). The van der Waals surface area contributed by atoms with Crippen molar-refractivity contribution in [2.75, 3.05) is 5.32 Å². The van der Waals surface area contributed by atoms with E-state index < -0.39 is 0 Å². The van der Waals surface area contributed by atoms with Crippen LogP contribution in [0.3, 0.4) is 0 Å². The summed E-state index contributed by atoms with van der Waals surface area (Å²) in [5, 5.41) is 2.88. The fourth-order valence-electron chi connectivity index (χ4n) is 2.78. The van der Waals surface area contributed by atoms with Crippen molar-refractivity contribution in [3.8, 4) is 11.5 Å². The highest BCUT2D eigenvalue weighted by atomic mass is 16.5. The molecule has 4 aromatic rings. The normalized spacial score (nSPS) is 10.7. The van der Waals surface area contributed by atoms with Crippen LogP contribution < -0.4 is 10.1 Å². The van der Waals surface area contributed by atoms with E-state index in [1.54, 1.807) is 12.1 Å². The fraction of sp³-hybridized carbons (Fsp3) is 0.0476. The molecule has 2 aromatic carbocycles. The monoisotopic (exact) mass is 343 g/mol. The largest absolute Gasteiger partial charge is 0.457 e. The van der Waals surface area contributed by atoms with Gasteiger partial charge in [0.2, 0.25) is 0 Å². The van der Waals surface area contributed by atoms with Crippen molar-refractivity contribution in [2.45, 2.75) is 6.92 Å². The number of benzene rings is 2. The first-order valence-corrected chi connectivity index (χ1v) is 8.29. The van der Waals surface area contributed by atoms with E-state index in [4.69, 9.17) is 4.74 Å². The Kier molecular flexibility index (Phi) is 4.11. The zero-order valence-corrected chi connectivity index (χ0v) is 14.2. The van der Waals surface area contributed by atoms with E-state index in [0.29, 0.717) is 17.1 Å². The van der Waals surface area contributed by atoms with Gasteiger partial charge < -0.3 is 14.5 Å². The molecule has 1 amide bonds. The van der Waals surface area contributed by atoms with Crippen LogP contribution >= 0.6 is 0 Å². The van der Waals surface area contributed by atoms with Crippen molar-refractivity contribution >= 4 is 17.1 Å². The van der Waals surface area contributed by atoms with Gasteiger partial charge in [-0.25, -0.2) is 4.98 Å². The number of amides is 1. The predicted molar refractivity (Wildman–Crippen MR) is 101 cm³/mol. The maximum absolute atomic E-state index is 12.6. The Hall–Kier alpha value is -3.60. The first kappa shape index (κ1) is 15.9. The highest BCUT2D eigenvalue weighted by Crippen LogP contribution is 2.23. The van der Waals surface area contributed by atoms with Gasteiger partial charge in [0.05, 0.1) is 5.52 Å². The third-order valence-corrected chi connectivity index (χ3v) is 4.03. The number of carbonyl (C=O) groups excluding carboxylic acids is 1. The number of hydrogen-bond acceptors (Lipinski definition) is 3. The zero-order chi connectivity index (χ0) is 17.9. The van der Waals surface area contributed by atoms with Gasteiger partial charge in [-0.05, 0) is 55.5 Å². The molecular weight excluding hydrogens is 326 g/mol. The van der Waals surface area contributed by atoms with Gasteiger partial charge in [-0.1, -0.05) is 24.3 Å². The van der Waals surface area contributed by atoms with Crippen LogP contribution in [-0.2, 0) is 0 Å². The molecule has 1 N–H and O–H groups in total. The lowest BCUT2D eigenvalue weighted by atomic mass is 10.2. The summed E-state index contributed by atoms with van der Waals surface area (Å²) in [5.74, 6) is 2.01. The maximum atomic E-state index is 12.6. The Labute approximate surface area is 150 Å². The third kappa shape index (κ3) is 3.15. The lowest BCUT2D eigenvalue weighted by Crippen LogP contribution is -2.12. The van der Waals surface area contributed by atoms with Crippen molar-refractivity contribution in [3.05, 3.63) is 90.5 Å². The summed E-state index contributed by atoms with van der Waals surface area (Å²) in [5.41, 5.74) is 1.88. The van der Waals surface area contributed by atoms with Crippen LogP contribution in [0.4, 0.5) is 5.69 Å². The number of fused-ring (bicyclic) bond motifs is 1. The average molecular weight is 343 g/mol. The highest BCUT2D eigenvalue weighted by molar-refractivity contribution is 6.07. The summed E-state index contributed by atoms with van der Waals surface area (Å²) >= 11 is 0.